The second kappa shape index (κ2) is 6.80. The molecule has 1 heterocycles. The van der Waals surface area contributed by atoms with Gasteiger partial charge in [-0.05, 0) is 34.8 Å². The van der Waals surface area contributed by atoms with Gasteiger partial charge >= 0.3 is 0 Å². The summed E-state index contributed by atoms with van der Waals surface area (Å²) in [6.07, 6.45) is 2.04. The highest BCUT2D eigenvalue weighted by Crippen LogP contribution is 2.34. The molecule has 1 aliphatic rings. The van der Waals surface area contributed by atoms with Crippen molar-refractivity contribution >= 4 is 5.91 Å². The van der Waals surface area contributed by atoms with Crippen molar-refractivity contribution in [1.29, 1.82) is 0 Å². The minimum absolute atomic E-state index is 0.0315. The third-order valence-corrected chi connectivity index (χ3v) is 4.44. The monoisotopic (exact) mass is 307 g/mol. The second-order valence-corrected chi connectivity index (χ2v) is 5.89. The van der Waals surface area contributed by atoms with E-state index in [1.807, 2.05) is 29.2 Å². The molecule has 0 radical (unpaired) electrons. The van der Waals surface area contributed by atoms with Gasteiger partial charge in [0, 0.05) is 25.6 Å². The van der Waals surface area contributed by atoms with E-state index in [-0.39, 0.29) is 18.4 Å². The predicted octanol–water partition coefficient (Wildman–Crippen LogP) is 2.88. The van der Waals surface area contributed by atoms with Gasteiger partial charge in [0.15, 0.2) is 0 Å². The number of amides is 1. The quantitative estimate of drug-likeness (QED) is 0.882. The van der Waals surface area contributed by atoms with E-state index >= 15 is 0 Å². The summed E-state index contributed by atoms with van der Waals surface area (Å²) < 4.78 is 0. The molecule has 1 aliphatic heterocycles. The van der Waals surface area contributed by atoms with Gasteiger partial charge < -0.3 is 10.0 Å². The molecular weight excluding hydrogens is 286 g/mol. The molecule has 0 aliphatic carbocycles. The molecule has 1 amide bonds. The van der Waals surface area contributed by atoms with Gasteiger partial charge in [0.25, 0.3) is 0 Å². The van der Waals surface area contributed by atoms with Crippen LogP contribution in [0, 0.1) is 0 Å². The first-order chi connectivity index (χ1) is 11.2. The molecule has 118 valence electrons. The van der Waals surface area contributed by atoms with Crippen LogP contribution in [0.4, 0.5) is 0 Å². The van der Waals surface area contributed by atoms with Crippen molar-refractivity contribution in [2.24, 2.45) is 0 Å². The highest BCUT2D eigenvalue weighted by molar-refractivity contribution is 5.87. The van der Waals surface area contributed by atoms with Crippen LogP contribution >= 0.6 is 0 Å². The molecule has 0 saturated carbocycles. The Labute approximate surface area is 136 Å². The van der Waals surface area contributed by atoms with Gasteiger partial charge in [-0.25, -0.2) is 0 Å². The highest BCUT2D eigenvalue weighted by Gasteiger charge is 2.28. The molecule has 0 unspecified atom stereocenters. The molecule has 0 fully saturated rings. The van der Waals surface area contributed by atoms with E-state index in [2.05, 4.69) is 30.8 Å². The van der Waals surface area contributed by atoms with Crippen LogP contribution in [0.2, 0.25) is 0 Å². The molecule has 1 atom stereocenters. The number of hydrogen-bond acceptors (Lipinski definition) is 2. The molecule has 1 N–H and O–H groups in total. The summed E-state index contributed by atoms with van der Waals surface area (Å²) in [6, 6.07) is 16.6. The van der Waals surface area contributed by atoms with Crippen molar-refractivity contribution < 1.29 is 9.90 Å². The smallest absolute Gasteiger partial charge is 0.246 e. The number of fused-ring (bicyclic) bond motifs is 1. The number of nitrogens with zero attached hydrogens (tertiary/aromatic N) is 1. The minimum atomic E-state index is -0.0315. The number of aliphatic hydroxyl groups excluding tert-OH is 1. The van der Waals surface area contributed by atoms with Crippen LogP contribution in [0.15, 0.2) is 61.2 Å². The Hall–Kier alpha value is -2.39. The van der Waals surface area contributed by atoms with Gasteiger partial charge in [-0.3, -0.25) is 4.79 Å². The van der Waals surface area contributed by atoms with Crippen LogP contribution in [0.25, 0.3) is 0 Å². The number of carbonyl (C=O) groups is 1. The van der Waals surface area contributed by atoms with Crippen LogP contribution in [0.1, 0.15) is 28.2 Å². The third-order valence-electron chi connectivity index (χ3n) is 4.44. The summed E-state index contributed by atoms with van der Waals surface area (Å²) >= 11 is 0. The number of rotatable bonds is 4. The van der Waals surface area contributed by atoms with Crippen molar-refractivity contribution in [3.8, 4) is 0 Å². The Balaban J connectivity index is 2.04. The molecule has 0 spiro atoms. The molecule has 3 nitrogen and oxygen atoms in total. The maximum absolute atomic E-state index is 12.1. The van der Waals surface area contributed by atoms with Gasteiger partial charge in [-0.2, -0.15) is 0 Å². The molecule has 23 heavy (non-hydrogen) atoms. The Kier molecular flexibility index (Phi) is 4.58. The predicted molar refractivity (Wildman–Crippen MR) is 91.1 cm³/mol. The van der Waals surface area contributed by atoms with Gasteiger partial charge in [0.2, 0.25) is 5.91 Å². The number of aliphatic hydroxyl groups is 1. The van der Waals surface area contributed by atoms with Crippen LogP contribution in [-0.4, -0.2) is 29.1 Å². The van der Waals surface area contributed by atoms with E-state index < -0.39 is 0 Å². The summed E-state index contributed by atoms with van der Waals surface area (Å²) in [4.78, 5) is 13.9. The zero-order valence-electron chi connectivity index (χ0n) is 13.1. The summed E-state index contributed by atoms with van der Waals surface area (Å²) in [6.45, 7) is 5.03. The van der Waals surface area contributed by atoms with Crippen molar-refractivity contribution in [2.45, 2.75) is 18.9 Å². The Morgan fingerprint density at radius 1 is 1.26 bits per heavy atom. The standard InChI is InChI=1S/C20H21NO2/c1-2-20(23)21-13-17-9-8-15(10-11-22)12-18(17)19(14-21)16-6-4-3-5-7-16/h2-9,12,19,22H,1,10-11,13-14H2/t19-/m1/s1. The van der Waals surface area contributed by atoms with E-state index in [1.165, 1.54) is 22.8 Å². The molecular formula is C20H21NO2. The zero-order valence-corrected chi connectivity index (χ0v) is 13.1. The van der Waals surface area contributed by atoms with Gasteiger partial charge in [-0.15, -0.1) is 0 Å². The first-order valence-electron chi connectivity index (χ1n) is 7.91. The lowest BCUT2D eigenvalue weighted by Crippen LogP contribution is -2.37. The van der Waals surface area contributed by atoms with Crippen LogP contribution < -0.4 is 0 Å². The molecule has 0 bridgehead atoms. The molecule has 2 aromatic carbocycles. The lowest BCUT2D eigenvalue weighted by atomic mass is 9.83. The van der Waals surface area contributed by atoms with E-state index in [0.29, 0.717) is 19.5 Å². The summed E-state index contributed by atoms with van der Waals surface area (Å²) in [5.74, 6) is 0.124. The van der Waals surface area contributed by atoms with Crippen LogP contribution in [-0.2, 0) is 17.8 Å². The fraction of sp³-hybridized carbons (Fsp3) is 0.250. The maximum atomic E-state index is 12.1. The second-order valence-electron chi connectivity index (χ2n) is 5.89. The van der Waals surface area contributed by atoms with Crippen molar-refractivity contribution in [3.05, 3.63) is 83.4 Å². The van der Waals surface area contributed by atoms with E-state index in [1.54, 1.807) is 0 Å². The lowest BCUT2D eigenvalue weighted by molar-refractivity contribution is -0.127. The Morgan fingerprint density at radius 2 is 2.04 bits per heavy atom. The summed E-state index contributed by atoms with van der Waals surface area (Å²) in [7, 11) is 0. The minimum Gasteiger partial charge on any atom is -0.396 e. The van der Waals surface area contributed by atoms with Gasteiger partial charge in [-0.1, -0.05) is 55.1 Å². The largest absolute Gasteiger partial charge is 0.396 e. The Bertz CT molecular complexity index is 709. The average Bonchev–Trinajstić information content (AvgIpc) is 2.61. The lowest BCUT2D eigenvalue weighted by Gasteiger charge is -2.35. The van der Waals surface area contributed by atoms with Crippen LogP contribution in [0.5, 0.6) is 0 Å². The molecule has 0 aromatic heterocycles. The van der Waals surface area contributed by atoms with Gasteiger partial charge in [0.1, 0.15) is 0 Å². The normalized spacial score (nSPS) is 16.7. The van der Waals surface area contributed by atoms with Crippen molar-refractivity contribution in [3.63, 3.8) is 0 Å². The average molecular weight is 307 g/mol. The first kappa shape index (κ1) is 15.5. The molecule has 3 heteroatoms. The number of carbonyl (C=O) groups excluding carboxylic acids is 1. The topological polar surface area (TPSA) is 40.5 Å². The fourth-order valence-electron chi connectivity index (χ4n) is 3.25. The van der Waals surface area contributed by atoms with E-state index in [0.717, 1.165) is 5.56 Å². The van der Waals surface area contributed by atoms with Crippen LogP contribution in [0.3, 0.4) is 0 Å². The zero-order chi connectivity index (χ0) is 16.2. The SMILES string of the molecule is C=CC(=O)N1Cc2ccc(CCO)cc2[C@@H](c2ccccc2)C1. The van der Waals surface area contributed by atoms with Crippen molar-refractivity contribution in [2.75, 3.05) is 13.2 Å². The number of benzene rings is 2. The maximum Gasteiger partial charge on any atom is 0.246 e. The number of hydrogen-bond donors (Lipinski definition) is 1. The fourth-order valence-corrected chi connectivity index (χ4v) is 3.25. The highest BCUT2D eigenvalue weighted by atomic mass is 16.3. The van der Waals surface area contributed by atoms with Crippen molar-refractivity contribution in [1.82, 2.24) is 4.90 Å². The summed E-state index contributed by atoms with van der Waals surface area (Å²) in [5.41, 5.74) is 4.77. The summed E-state index contributed by atoms with van der Waals surface area (Å²) in [5, 5.41) is 9.19. The molecule has 3 rings (SSSR count). The first-order valence-corrected chi connectivity index (χ1v) is 7.91. The van der Waals surface area contributed by atoms with Gasteiger partial charge in [0.05, 0.1) is 0 Å². The third kappa shape index (κ3) is 3.20. The Morgan fingerprint density at radius 3 is 2.74 bits per heavy atom. The van der Waals surface area contributed by atoms with E-state index in [4.69, 9.17) is 0 Å². The molecule has 2 aromatic rings. The molecule has 0 saturated heterocycles. The van der Waals surface area contributed by atoms with E-state index in [9.17, 15) is 9.90 Å².